The van der Waals surface area contributed by atoms with Crippen LogP contribution in [0.2, 0.25) is 0 Å². The van der Waals surface area contributed by atoms with Crippen LogP contribution in [0.5, 0.6) is 0 Å². The first kappa shape index (κ1) is 13.1. The number of ether oxygens (including phenoxy) is 1. The molecule has 0 saturated heterocycles. The Morgan fingerprint density at radius 2 is 2.41 bits per heavy atom. The molecule has 0 saturated carbocycles. The van der Waals surface area contributed by atoms with Gasteiger partial charge in [-0.25, -0.2) is 9.79 Å². The minimum absolute atomic E-state index is 0.218. The Labute approximate surface area is 101 Å². The van der Waals surface area contributed by atoms with Crippen molar-refractivity contribution in [2.45, 2.75) is 13.3 Å². The molecule has 0 bridgehead atoms. The van der Waals surface area contributed by atoms with Gasteiger partial charge in [0.2, 0.25) is 0 Å². The van der Waals surface area contributed by atoms with Crippen molar-refractivity contribution in [3.8, 4) is 0 Å². The lowest BCUT2D eigenvalue weighted by molar-refractivity contribution is 0.177. The molecule has 0 aromatic rings. The van der Waals surface area contributed by atoms with E-state index in [9.17, 15) is 4.79 Å². The number of carbonyl (C=O) groups excluding carboxylic acids is 1. The second-order valence-corrected chi connectivity index (χ2v) is 3.77. The fourth-order valence-electron chi connectivity index (χ4n) is 1.37. The van der Waals surface area contributed by atoms with Gasteiger partial charge in [-0.2, -0.15) is 0 Å². The van der Waals surface area contributed by atoms with Crippen LogP contribution in [0.4, 0.5) is 4.79 Å². The molecule has 0 aliphatic carbocycles. The zero-order valence-corrected chi connectivity index (χ0v) is 10.4. The third-order valence-electron chi connectivity index (χ3n) is 2.00. The lowest BCUT2D eigenvalue weighted by Crippen LogP contribution is -2.26. The minimum Gasteiger partial charge on any atom is -0.406 e. The van der Waals surface area contributed by atoms with Crippen molar-refractivity contribution < 1.29 is 9.53 Å². The van der Waals surface area contributed by atoms with Crippen molar-refractivity contribution in [1.82, 2.24) is 10.2 Å². The Balaban J connectivity index is 2.88. The Hall–Kier alpha value is -1.98. The predicted octanol–water partition coefficient (Wildman–Crippen LogP) is 0.780. The molecule has 1 heterocycles. The molecule has 3 N–H and O–H groups in total. The summed E-state index contributed by atoms with van der Waals surface area (Å²) in [6, 6.07) is 0. The number of hydrogen-bond acceptors (Lipinski definition) is 5. The summed E-state index contributed by atoms with van der Waals surface area (Å²) in [4.78, 5) is 17.2. The summed E-state index contributed by atoms with van der Waals surface area (Å²) in [5.74, 6) is 0.544. The largest absolute Gasteiger partial charge is 0.412 e. The smallest absolute Gasteiger partial charge is 0.406 e. The highest BCUT2D eigenvalue weighted by Crippen LogP contribution is 2.21. The van der Waals surface area contributed by atoms with Crippen molar-refractivity contribution in [3.05, 3.63) is 23.4 Å². The number of carbonyl (C=O) groups is 1. The molecule has 0 fully saturated rings. The monoisotopic (exact) mass is 238 g/mol. The predicted molar refractivity (Wildman–Crippen MR) is 66.3 cm³/mol. The quantitative estimate of drug-likeness (QED) is 0.761. The third-order valence-corrected chi connectivity index (χ3v) is 2.00. The molecule has 1 aliphatic heterocycles. The van der Waals surface area contributed by atoms with Gasteiger partial charge < -0.3 is 20.7 Å². The van der Waals surface area contributed by atoms with Gasteiger partial charge >= 0.3 is 6.09 Å². The molecule has 0 radical (unpaired) electrons. The summed E-state index contributed by atoms with van der Waals surface area (Å²) in [7, 11) is 3.78. The van der Waals surface area contributed by atoms with E-state index in [4.69, 9.17) is 10.5 Å². The van der Waals surface area contributed by atoms with Gasteiger partial charge in [0.05, 0.1) is 0 Å². The second kappa shape index (κ2) is 5.93. The van der Waals surface area contributed by atoms with E-state index in [1.807, 2.05) is 32.1 Å². The molecule has 17 heavy (non-hydrogen) atoms. The summed E-state index contributed by atoms with van der Waals surface area (Å²) in [6.45, 7) is 2.32. The third kappa shape index (κ3) is 3.82. The molecule has 6 nitrogen and oxygen atoms in total. The fourth-order valence-corrected chi connectivity index (χ4v) is 1.37. The number of rotatable bonds is 3. The van der Waals surface area contributed by atoms with Gasteiger partial charge in [-0.1, -0.05) is 0 Å². The maximum absolute atomic E-state index is 11.4. The van der Waals surface area contributed by atoms with Crippen LogP contribution < -0.4 is 11.1 Å². The van der Waals surface area contributed by atoms with E-state index in [1.54, 1.807) is 6.21 Å². The molecule has 0 atom stereocenters. The number of nitrogens with one attached hydrogen (secondary N) is 1. The molecule has 1 aliphatic rings. The number of alkyl carbamates (subject to hydrolysis) is 1. The van der Waals surface area contributed by atoms with Gasteiger partial charge in [-0.05, 0) is 6.92 Å². The Morgan fingerprint density at radius 3 is 3.00 bits per heavy atom. The van der Waals surface area contributed by atoms with Crippen LogP contribution in [0.1, 0.15) is 13.3 Å². The van der Waals surface area contributed by atoms with Crippen molar-refractivity contribution in [3.63, 3.8) is 0 Å². The number of allylic oxidation sites excluding steroid dienone is 1. The molecule has 0 aromatic heterocycles. The zero-order valence-electron chi connectivity index (χ0n) is 10.4. The average Bonchev–Trinajstić information content (AvgIpc) is 2.23. The summed E-state index contributed by atoms with van der Waals surface area (Å²) < 4.78 is 5.15. The average molecular weight is 238 g/mol. The number of amides is 1. The maximum Gasteiger partial charge on any atom is 0.412 e. The topological polar surface area (TPSA) is 79.9 Å². The maximum atomic E-state index is 11.4. The second-order valence-electron chi connectivity index (χ2n) is 3.77. The van der Waals surface area contributed by atoms with Crippen LogP contribution in [0, 0.1) is 0 Å². The van der Waals surface area contributed by atoms with Crippen LogP contribution >= 0.6 is 0 Å². The van der Waals surface area contributed by atoms with E-state index in [0.717, 1.165) is 5.57 Å². The van der Waals surface area contributed by atoms with Gasteiger partial charge in [0.25, 0.3) is 0 Å². The van der Waals surface area contributed by atoms with E-state index < -0.39 is 6.09 Å². The number of nitrogens with two attached hydrogens (primary N) is 1. The molecule has 0 aromatic carbocycles. The summed E-state index contributed by atoms with van der Waals surface area (Å²) in [5.41, 5.74) is 6.53. The first-order valence-corrected chi connectivity index (χ1v) is 5.40. The summed E-state index contributed by atoms with van der Waals surface area (Å²) in [5, 5.41) is 2.54. The van der Waals surface area contributed by atoms with E-state index in [2.05, 4.69) is 10.3 Å². The highest BCUT2D eigenvalue weighted by Gasteiger charge is 2.18. The first-order chi connectivity index (χ1) is 8.04. The number of aliphatic imine (C=N–C) groups is 1. The molecule has 1 amide bonds. The lowest BCUT2D eigenvalue weighted by atomic mass is 10.1. The van der Waals surface area contributed by atoms with E-state index in [-0.39, 0.29) is 5.82 Å². The van der Waals surface area contributed by atoms with Gasteiger partial charge in [0.15, 0.2) is 11.6 Å². The van der Waals surface area contributed by atoms with E-state index in [1.165, 1.54) is 0 Å². The van der Waals surface area contributed by atoms with E-state index >= 15 is 0 Å². The van der Waals surface area contributed by atoms with Crippen molar-refractivity contribution in [2.75, 3.05) is 20.6 Å². The summed E-state index contributed by atoms with van der Waals surface area (Å²) >= 11 is 0. The SMILES string of the molecule is CCNC(=O)OC1=C(N)N=CCC1=CN(C)C. The van der Waals surface area contributed by atoms with Gasteiger partial charge in [0, 0.05) is 45.0 Å². The van der Waals surface area contributed by atoms with Crippen LogP contribution in [-0.4, -0.2) is 37.8 Å². The van der Waals surface area contributed by atoms with Gasteiger partial charge in [-0.3, -0.25) is 0 Å². The molecule has 0 spiro atoms. The summed E-state index contributed by atoms with van der Waals surface area (Å²) in [6.07, 6.45) is 3.61. The molecule has 0 unspecified atom stereocenters. The highest BCUT2D eigenvalue weighted by atomic mass is 16.6. The normalized spacial score (nSPS) is 17.2. The van der Waals surface area contributed by atoms with Crippen LogP contribution in [0.3, 0.4) is 0 Å². The molecular weight excluding hydrogens is 220 g/mol. The van der Waals surface area contributed by atoms with Crippen molar-refractivity contribution in [2.24, 2.45) is 10.7 Å². The Bertz CT molecular complexity index is 383. The van der Waals surface area contributed by atoms with Crippen LogP contribution in [0.25, 0.3) is 0 Å². The molecule has 94 valence electrons. The Kier molecular flexibility index (Phi) is 4.56. The van der Waals surface area contributed by atoms with E-state index in [0.29, 0.717) is 18.7 Å². The van der Waals surface area contributed by atoms with Gasteiger partial charge in [-0.15, -0.1) is 0 Å². The number of hydrogen-bond donors (Lipinski definition) is 2. The number of nitrogens with zero attached hydrogens (tertiary/aromatic N) is 2. The standard InChI is InChI=1S/C11H18N4O2/c1-4-13-11(16)17-9-8(7-15(2)3)5-6-14-10(9)12/h6-7H,4-5,12H2,1-3H3,(H,13,16). The van der Waals surface area contributed by atoms with Crippen LogP contribution in [0.15, 0.2) is 28.3 Å². The van der Waals surface area contributed by atoms with Crippen molar-refractivity contribution in [1.29, 1.82) is 0 Å². The molecular formula is C11H18N4O2. The van der Waals surface area contributed by atoms with Crippen LogP contribution in [-0.2, 0) is 4.74 Å². The molecule has 1 rings (SSSR count). The van der Waals surface area contributed by atoms with Gasteiger partial charge in [0.1, 0.15) is 0 Å². The first-order valence-electron chi connectivity index (χ1n) is 5.40. The molecule has 6 heteroatoms. The fraction of sp³-hybridized carbons (Fsp3) is 0.455. The Morgan fingerprint density at radius 1 is 1.71 bits per heavy atom. The highest BCUT2D eigenvalue weighted by molar-refractivity contribution is 5.72. The lowest BCUT2D eigenvalue weighted by Gasteiger charge is -2.17. The van der Waals surface area contributed by atoms with Crippen molar-refractivity contribution >= 4 is 12.3 Å². The minimum atomic E-state index is -0.521. The zero-order chi connectivity index (χ0) is 12.8.